The van der Waals surface area contributed by atoms with Crippen LogP contribution in [0.1, 0.15) is 41.3 Å². The third kappa shape index (κ3) is 3.97. The van der Waals surface area contributed by atoms with Gasteiger partial charge in [0, 0.05) is 43.9 Å². The highest BCUT2D eigenvalue weighted by Gasteiger charge is 2.41. The lowest BCUT2D eigenvalue weighted by atomic mass is 9.75. The molecule has 1 saturated heterocycles. The number of carbonyl (C=O) groups excluding carboxylic acids is 1. The lowest BCUT2D eigenvalue weighted by Gasteiger charge is -2.39. The van der Waals surface area contributed by atoms with Gasteiger partial charge in [-0.1, -0.05) is 10.3 Å². The monoisotopic (exact) mass is 414 g/mol. The highest BCUT2D eigenvalue weighted by molar-refractivity contribution is 5.92. The minimum Gasteiger partial charge on any atom is -0.385 e. The lowest BCUT2D eigenvalue weighted by Crippen LogP contribution is -2.46. The van der Waals surface area contributed by atoms with Crippen LogP contribution in [0.25, 0.3) is 11.5 Å². The zero-order valence-corrected chi connectivity index (χ0v) is 16.9. The summed E-state index contributed by atoms with van der Waals surface area (Å²) in [7, 11) is 1.65. The molecule has 3 heterocycles. The number of likely N-dealkylation sites (tertiary alicyclic amines) is 1. The predicted octanol–water partition coefficient (Wildman–Crippen LogP) is 3.38. The van der Waals surface area contributed by atoms with Crippen molar-refractivity contribution >= 4 is 5.91 Å². The molecule has 4 rings (SSSR count). The van der Waals surface area contributed by atoms with Gasteiger partial charge in [-0.3, -0.25) is 4.79 Å². The summed E-state index contributed by atoms with van der Waals surface area (Å²) in [5, 5.41) is 8.05. The van der Waals surface area contributed by atoms with Crippen molar-refractivity contribution in [1.82, 2.24) is 20.2 Å². The van der Waals surface area contributed by atoms with Crippen LogP contribution in [-0.4, -0.2) is 52.9 Å². The Bertz CT molecular complexity index is 1010. The lowest BCUT2D eigenvalue weighted by molar-refractivity contribution is 0.0606. The summed E-state index contributed by atoms with van der Waals surface area (Å²) in [6.45, 7) is 3.37. The van der Waals surface area contributed by atoms with Crippen LogP contribution >= 0.6 is 0 Å². The van der Waals surface area contributed by atoms with E-state index in [-0.39, 0.29) is 17.1 Å². The second-order valence-corrected chi connectivity index (χ2v) is 7.57. The molecule has 158 valence electrons. The Kier molecular flexibility index (Phi) is 5.63. The summed E-state index contributed by atoms with van der Waals surface area (Å²) in [4.78, 5) is 19.1. The number of aryl methyl sites for hydroxylation is 1. The first-order valence-electron chi connectivity index (χ1n) is 9.82. The highest BCUT2D eigenvalue weighted by atomic mass is 19.1. The summed E-state index contributed by atoms with van der Waals surface area (Å²) >= 11 is 0. The molecule has 0 atom stereocenters. The molecule has 30 heavy (non-hydrogen) atoms. The summed E-state index contributed by atoms with van der Waals surface area (Å²) in [5.74, 6) is 1.06. The average Bonchev–Trinajstić information content (AvgIpc) is 3.43. The van der Waals surface area contributed by atoms with Crippen LogP contribution < -0.4 is 0 Å². The number of nitrogens with zero attached hydrogens (tertiary/aromatic N) is 4. The van der Waals surface area contributed by atoms with Gasteiger partial charge in [-0.25, -0.2) is 4.39 Å². The average molecular weight is 414 g/mol. The number of carbonyl (C=O) groups is 1. The van der Waals surface area contributed by atoms with Crippen molar-refractivity contribution in [3.63, 3.8) is 0 Å². The van der Waals surface area contributed by atoms with Crippen molar-refractivity contribution in [3.05, 3.63) is 53.4 Å². The van der Waals surface area contributed by atoms with Gasteiger partial charge in [-0.05, 0) is 50.5 Å². The number of piperidine rings is 1. The van der Waals surface area contributed by atoms with Gasteiger partial charge in [-0.2, -0.15) is 4.98 Å². The Hall–Kier alpha value is -3.07. The van der Waals surface area contributed by atoms with E-state index in [0.29, 0.717) is 67.7 Å². The topological polar surface area (TPSA) is 94.5 Å². The molecule has 8 nitrogen and oxygen atoms in total. The standard InChI is InChI=1S/C21H23FN4O4/c1-14-13-17(24-29-14)19(27)26-10-7-21(8-11-26,9-12-28-2)20-23-18(30-25-20)15-3-5-16(22)6-4-15/h3-6,13H,7-12H2,1-2H3. The Balaban J connectivity index is 1.53. The number of ether oxygens (including phenoxy) is 1. The highest BCUT2D eigenvalue weighted by Crippen LogP contribution is 2.38. The second-order valence-electron chi connectivity index (χ2n) is 7.57. The fourth-order valence-corrected chi connectivity index (χ4v) is 3.80. The molecule has 0 bridgehead atoms. The first kappa shape index (κ1) is 20.2. The Morgan fingerprint density at radius 1 is 1.20 bits per heavy atom. The number of halogens is 1. The van der Waals surface area contributed by atoms with Crippen molar-refractivity contribution in [1.29, 1.82) is 0 Å². The minimum absolute atomic E-state index is 0.146. The fraction of sp³-hybridized carbons (Fsp3) is 0.429. The Morgan fingerprint density at radius 2 is 1.93 bits per heavy atom. The molecular formula is C21H23FN4O4. The maximum absolute atomic E-state index is 13.2. The molecule has 1 amide bonds. The molecular weight excluding hydrogens is 391 g/mol. The zero-order chi connectivity index (χ0) is 21.1. The van der Waals surface area contributed by atoms with Crippen molar-refractivity contribution < 1.29 is 23.0 Å². The van der Waals surface area contributed by atoms with Crippen LogP contribution in [0.3, 0.4) is 0 Å². The van der Waals surface area contributed by atoms with Crippen molar-refractivity contribution in [2.75, 3.05) is 26.8 Å². The van der Waals surface area contributed by atoms with E-state index in [1.54, 1.807) is 37.1 Å². The molecule has 0 N–H and O–H groups in total. The molecule has 0 unspecified atom stereocenters. The van der Waals surface area contributed by atoms with Gasteiger partial charge in [0.1, 0.15) is 11.6 Å². The van der Waals surface area contributed by atoms with Crippen molar-refractivity contribution in [3.8, 4) is 11.5 Å². The fourth-order valence-electron chi connectivity index (χ4n) is 3.80. The molecule has 2 aromatic heterocycles. The van der Waals surface area contributed by atoms with E-state index in [0.717, 1.165) is 0 Å². The van der Waals surface area contributed by atoms with Gasteiger partial charge in [0.25, 0.3) is 11.8 Å². The molecule has 3 aromatic rings. The minimum atomic E-state index is -0.367. The number of amides is 1. The molecule has 0 radical (unpaired) electrons. The quantitative estimate of drug-likeness (QED) is 0.610. The largest absolute Gasteiger partial charge is 0.385 e. The Labute approximate surface area is 173 Å². The molecule has 1 aliphatic rings. The van der Waals surface area contributed by atoms with E-state index in [1.807, 2.05) is 0 Å². The zero-order valence-electron chi connectivity index (χ0n) is 16.9. The summed E-state index contributed by atoms with van der Waals surface area (Å²) < 4.78 is 29.0. The van der Waals surface area contributed by atoms with E-state index in [2.05, 4.69) is 15.3 Å². The third-order valence-electron chi connectivity index (χ3n) is 5.63. The van der Waals surface area contributed by atoms with Gasteiger partial charge in [0.05, 0.1) is 0 Å². The van der Waals surface area contributed by atoms with Crippen molar-refractivity contribution in [2.24, 2.45) is 0 Å². The molecule has 0 spiro atoms. The van der Waals surface area contributed by atoms with Crippen LogP contribution in [0.2, 0.25) is 0 Å². The summed E-state index contributed by atoms with van der Waals surface area (Å²) in [6, 6.07) is 7.57. The first-order valence-corrected chi connectivity index (χ1v) is 9.82. The van der Waals surface area contributed by atoms with E-state index >= 15 is 0 Å². The molecule has 9 heteroatoms. The third-order valence-corrected chi connectivity index (χ3v) is 5.63. The van der Waals surface area contributed by atoms with Gasteiger partial charge in [0.15, 0.2) is 11.5 Å². The molecule has 1 aliphatic heterocycles. The van der Waals surface area contributed by atoms with E-state index in [1.165, 1.54) is 12.1 Å². The predicted molar refractivity (Wildman–Crippen MR) is 104 cm³/mol. The summed E-state index contributed by atoms with van der Waals surface area (Å²) in [5.41, 5.74) is 0.606. The van der Waals surface area contributed by atoms with Crippen molar-refractivity contribution in [2.45, 2.75) is 31.6 Å². The van der Waals surface area contributed by atoms with Gasteiger partial charge >= 0.3 is 0 Å². The second kappa shape index (κ2) is 8.35. The van der Waals surface area contributed by atoms with Crippen LogP contribution in [0.5, 0.6) is 0 Å². The number of rotatable bonds is 6. The van der Waals surface area contributed by atoms with Gasteiger partial charge < -0.3 is 18.7 Å². The van der Waals surface area contributed by atoms with Crippen LogP contribution in [0, 0.1) is 12.7 Å². The normalized spacial score (nSPS) is 16.0. The smallest absolute Gasteiger partial charge is 0.276 e. The van der Waals surface area contributed by atoms with Gasteiger partial charge in [-0.15, -0.1) is 0 Å². The van der Waals surface area contributed by atoms with Crippen LogP contribution in [0.4, 0.5) is 4.39 Å². The van der Waals surface area contributed by atoms with Crippen LogP contribution in [0.15, 0.2) is 39.4 Å². The van der Waals surface area contributed by atoms with E-state index in [4.69, 9.17) is 13.8 Å². The maximum atomic E-state index is 13.2. The number of benzene rings is 1. The maximum Gasteiger partial charge on any atom is 0.276 e. The first-order chi connectivity index (χ1) is 14.5. The molecule has 0 aliphatic carbocycles. The summed E-state index contributed by atoms with van der Waals surface area (Å²) in [6.07, 6.45) is 2.04. The number of hydrogen-bond acceptors (Lipinski definition) is 7. The number of aromatic nitrogens is 3. The van der Waals surface area contributed by atoms with E-state index < -0.39 is 0 Å². The van der Waals surface area contributed by atoms with E-state index in [9.17, 15) is 9.18 Å². The van der Waals surface area contributed by atoms with Gasteiger partial charge in [0.2, 0.25) is 0 Å². The SMILES string of the molecule is COCCC1(c2noc(-c3ccc(F)cc3)n2)CCN(C(=O)c2cc(C)on2)CC1. The molecule has 1 fully saturated rings. The Morgan fingerprint density at radius 3 is 2.57 bits per heavy atom. The van der Waals surface area contributed by atoms with Crippen LogP contribution in [-0.2, 0) is 10.2 Å². The molecule has 0 saturated carbocycles. The molecule has 1 aromatic carbocycles. The number of hydrogen-bond donors (Lipinski definition) is 0. The number of methoxy groups -OCH3 is 1.